The van der Waals surface area contributed by atoms with Gasteiger partial charge in [-0.1, -0.05) is 12.1 Å². The lowest BCUT2D eigenvalue weighted by Gasteiger charge is -2.47. The van der Waals surface area contributed by atoms with Gasteiger partial charge >= 0.3 is 0 Å². The Labute approximate surface area is 184 Å². The van der Waals surface area contributed by atoms with Gasteiger partial charge in [-0.15, -0.1) is 24.0 Å². The maximum absolute atomic E-state index is 4.64. The predicted octanol–water partition coefficient (Wildman–Crippen LogP) is 1.52. The molecule has 0 spiro atoms. The second kappa shape index (κ2) is 9.89. The van der Waals surface area contributed by atoms with Crippen LogP contribution in [0.4, 0.5) is 0 Å². The van der Waals surface area contributed by atoms with Crippen molar-refractivity contribution in [3.05, 3.63) is 30.1 Å². The second-order valence-electron chi connectivity index (χ2n) is 7.52. The van der Waals surface area contributed by atoms with Crippen molar-refractivity contribution in [1.29, 1.82) is 0 Å². The third kappa shape index (κ3) is 4.77. The van der Waals surface area contributed by atoms with Gasteiger partial charge in [0.25, 0.3) is 0 Å². The number of nitrogens with one attached hydrogen (secondary N) is 2. The minimum atomic E-state index is 0. The number of hydrogen-bond donors (Lipinski definition) is 2. The van der Waals surface area contributed by atoms with Crippen molar-refractivity contribution in [2.75, 3.05) is 52.9 Å². The summed E-state index contributed by atoms with van der Waals surface area (Å²) in [6.07, 6.45) is 1.03. The number of para-hydroxylation sites is 2. The maximum Gasteiger partial charge on any atom is 0.191 e. The second-order valence-corrected chi connectivity index (χ2v) is 7.52. The van der Waals surface area contributed by atoms with E-state index in [1.54, 1.807) is 0 Å². The summed E-state index contributed by atoms with van der Waals surface area (Å²) < 4.78 is 2.30. The van der Waals surface area contributed by atoms with Crippen LogP contribution in [-0.2, 0) is 6.54 Å². The van der Waals surface area contributed by atoms with Crippen LogP contribution in [-0.4, -0.2) is 84.2 Å². The number of aryl methyl sites for hydroxylation is 2. The molecular weight excluding hydrogens is 465 g/mol. The molecule has 4 heterocycles. The number of fused-ring (bicyclic) bond motifs is 4. The summed E-state index contributed by atoms with van der Waals surface area (Å²) in [5.41, 5.74) is 2.29. The third-order valence-electron chi connectivity index (χ3n) is 5.82. The molecule has 2 N–H and O–H groups in total. The number of guanidine groups is 1. The van der Waals surface area contributed by atoms with E-state index in [2.05, 4.69) is 60.1 Å². The first-order chi connectivity index (χ1) is 13.2. The largest absolute Gasteiger partial charge is 0.356 e. The van der Waals surface area contributed by atoms with E-state index in [-0.39, 0.29) is 24.0 Å². The maximum atomic E-state index is 4.64. The summed E-state index contributed by atoms with van der Waals surface area (Å²) in [5, 5.41) is 6.97. The highest BCUT2D eigenvalue weighted by Crippen LogP contribution is 2.16. The highest BCUT2D eigenvalue weighted by Gasteiger charge is 2.31. The number of nitrogens with zero attached hydrogens (tertiary/aromatic N) is 5. The smallest absolute Gasteiger partial charge is 0.191 e. The summed E-state index contributed by atoms with van der Waals surface area (Å²) in [5.74, 6) is 1.98. The first-order valence-electron chi connectivity index (χ1n) is 10.1. The Morgan fingerprint density at radius 2 is 1.96 bits per heavy atom. The molecule has 0 saturated carbocycles. The Kier molecular flexibility index (Phi) is 7.53. The highest BCUT2D eigenvalue weighted by molar-refractivity contribution is 14.0. The zero-order valence-corrected chi connectivity index (χ0v) is 19.2. The first kappa shape index (κ1) is 21.3. The lowest BCUT2D eigenvalue weighted by atomic mass is 10.1. The average Bonchev–Trinajstić information content (AvgIpc) is 3.03. The number of halogens is 1. The SMILES string of the molecule is CN=C(NCCCn1c(C)nc2ccccc21)NCC1CN2CCN1CC2.I. The zero-order chi connectivity index (χ0) is 18.6. The van der Waals surface area contributed by atoms with Crippen molar-refractivity contribution < 1.29 is 0 Å². The van der Waals surface area contributed by atoms with Crippen molar-refractivity contribution in [3.8, 4) is 0 Å². The summed E-state index contributed by atoms with van der Waals surface area (Å²) in [7, 11) is 1.85. The van der Waals surface area contributed by atoms with Crippen LogP contribution < -0.4 is 10.6 Å². The Balaban J connectivity index is 0.00000225. The zero-order valence-electron chi connectivity index (χ0n) is 16.9. The summed E-state index contributed by atoms with van der Waals surface area (Å²) >= 11 is 0. The van der Waals surface area contributed by atoms with Crippen molar-refractivity contribution in [2.24, 2.45) is 4.99 Å². The van der Waals surface area contributed by atoms with Crippen LogP contribution in [0.2, 0.25) is 0 Å². The third-order valence-corrected chi connectivity index (χ3v) is 5.82. The first-order valence-corrected chi connectivity index (χ1v) is 10.1. The molecule has 3 aliphatic heterocycles. The van der Waals surface area contributed by atoms with E-state index in [0.717, 1.165) is 43.4 Å². The fraction of sp³-hybridized carbons (Fsp3) is 0.600. The number of piperazine rings is 3. The van der Waals surface area contributed by atoms with Gasteiger partial charge in [-0.2, -0.15) is 0 Å². The van der Waals surface area contributed by atoms with Crippen molar-refractivity contribution >= 4 is 41.0 Å². The van der Waals surface area contributed by atoms with Gasteiger partial charge in [0.15, 0.2) is 5.96 Å². The van der Waals surface area contributed by atoms with Crippen LogP contribution in [0, 0.1) is 6.92 Å². The van der Waals surface area contributed by atoms with Crippen LogP contribution in [0.3, 0.4) is 0 Å². The quantitative estimate of drug-likeness (QED) is 0.275. The number of benzene rings is 1. The van der Waals surface area contributed by atoms with E-state index in [9.17, 15) is 0 Å². The Morgan fingerprint density at radius 1 is 1.18 bits per heavy atom. The van der Waals surface area contributed by atoms with Gasteiger partial charge in [0.05, 0.1) is 11.0 Å². The van der Waals surface area contributed by atoms with E-state index in [4.69, 9.17) is 0 Å². The van der Waals surface area contributed by atoms with Gasteiger partial charge in [0, 0.05) is 65.4 Å². The number of rotatable bonds is 6. The van der Waals surface area contributed by atoms with Gasteiger partial charge in [-0.25, -0.2) is 4.98 Å². The normalized spacial score (nSPS) is 24.2. The molecule has 1 unspecified atom stereocenters. The van der Waals surface area contributed by atoms with E-state index >= 15 is 0 Å². The molecule has 8 heteroatoms. The fourth-order valence-electron chi connectivity index (χ4n) is 4.28. The predicted molar refractivity (Wildman–Crippen MR) is 126 cm³/mol. The summed E-state index contributed by atoms with van der Waals surface area (Å²) in [4.78, 5) is 14.2. The van der Waals surface area contributed by atoms with E-state index < -0.39 is 0 Å². The average molecular weight is 497 g/mol. The molecule has 1 aromatic carbocycles. The lowest BCUT2D eigenvalue weighted by Crippen LogP contribution is -2.63. The molecule has 0 aliphatic carbocycles. The molecule has 7 nitrogen and oxygen atoms in total. The summed E-state index contributed by atoms with van der Waals surface area (Å²) in [6, 6.07) is 8.95. The molecule has 0 radical (unpaired) electrons. The minimum absolute atomic E-state index is 0. The van der Waals surface area contributed by atoms with E-state index in [1.165, 1.54) is 38.2 Å². The van der Waals surface area contributed by atoms with Gasteiger partial charge in [-0.3, -0.25) is 14.8 Å². The highest BCUT2D eigenvalue weighted by atomic mass is 127. The molecular formula is C20H32IN7. The van der Waals surface area contributed by atoms with Gasteiger partial charge in [-0.05, 0) is 25.5 Å². The number of imidazole rings is 1. The monoisotopic (exact) mass is 497 g/mol. The van der Waals surface area contributed by atoms with Crippen LogP contribution >= 0.6 is 24.0 Å². The Bertz CT molecular complexity index is 795. The standard InChI is InChI=1S/C20H31N7.HI/c1-16-24-18-6-3-4-7-19(18)27(16)9-5-8-22-20(21-2)23-14-17-15-25-10-12-26(17)13-11-25;/h3-4,6-7,17H,5,8-15H2,1-2H3,(H2,21,22,23);1H. The molecule has 2 bridgehead atoms. The molecule has 3 saturated heterocycles. The van der Waals surface area contributed by atoms with Gasteiger partial charge in [0.1, 0.15) is 5.82 Å². The summed E-state index contributed by atoms with van der Waals surface area (Å²) in [6.45, 7) is 10.9. The molecule has 1 atom stereocenters. The Morgan fingerprint density at radius 3 is 2.68 bits per heavy atom. The molecule has 28 heavy (non-hydrogen) atoms. The number of hydrogen-bond acceptors (Lipinski definition) is 4. The van der Waals surface area contributed by atoms with E-state index in [1.807, 2.05) is 13.1 Å². The van der Waals surface area contributed by atoms with E-state index in [0.29, 0.717) is 6.04 Å². The molecule has 2 aromatic rings. The Hall–Kier alpha value is -1.39. The van der Waals surface area contributed by atoms with Crippen LogP contribution in [0.15, 0.2) is 29.3 Å². The van der Waals surface area contributed by atoms with Crippen molar-refractivity contribution in [1.82, 2.24) is 30.0 Å². The molecule has 5 rings (SSSR count). The molecule has 3 fully saturated rings. The van der Waals surface area contributed by atoms with Crippen LogP contribution in [0.1, 0.15) is 12.2 Å². The number of aliphatic imine (C=N–C) groups is 1. The van der Waals surface area contributed by atoms with Gasteiger partial charge in [0.2, 0.25) is 0 Å². The van der Waals surface area contributed by atoms with Crippen LogP contribution in [0.5, 0.6) is 0 Å². The topological polar surface area (TPSA) is 60.7 Å². The van der Waals surface area contributed by atoms with Gasteiger partial charge < -0.3 is 15.2 Å². The lowest BCUT2D eigenvalue weighted by molar-refractivity contribution is 0.0154. The molecule has 1 aromatic heterocycles. The molecule has 154 valence electrons. The molecule has 0 amide bonds. The van der Waals surface area contributed by atoms with Crippen LogP contribution in [0.25, 0.3) is 11.0 Å². The molecule has 3 aliphatic rings. The van der Waals surface area contributed by atoms with Crippen molar-refractivity contribution in [2.45, 2.75) is 25.9 Å². The number of aromatic nitrogens is 2. The fourth-order valence-corrected chi connectivity index (χ4v) is 4.28. The van der Waals surface area contributed by atoms with Crippen molar-refractivity contribution in [3.63, 3.8) is 0 Å². The minimum Gasteiger partial charge on any atom is -0.356 e.